The van der Waals surface area contributed by atoms with E-state index in [2.05, 4.69) is 0 Å². The van der Waals surface area contributed by atoms with Crippen molar-refractivity contribution in [3.63, 3.8) is 0 Å². The lowest BCUT2D eigenvalue weighted by atomic mass is 9.78. The van der Waals surface area contributed by atoms with Gasteiger partial charge in [0.1, 0.15) is 0 Å². The van der Waals surface area contributed by atoms with Crippen LogP contribution < -0.4 is 0 Å². The Morgan fingerprint density at radius 1 is 1.30 bits per heavy atom. The average molecular weight is 292 g/mol. The molecule has 0 aliphatic heterocycles. The van der Waals surface area contributed by atoms with E-state index in [1.807, 2.05) is 51.1 Å². The van der Waals surface area contributed by atoms with Crippen LogP contribution in [0.25, 0.3) is 10.1 Å². The van der Waals surface area contributed by atoms with Crippen molar-refractivity contribution in [3.8, 4) is 0 Å². The summed E-state index contributed by atoms with van der Waals surface area (Å²) in [6, 6.07) is 10.1. The molecule has 20 heavy (non-hydrogen) atoms. The Bertz CT molecular complexity index is 584. The number of hydrogen-bond acceptors (Lipinski definition) is 4. The highest BCUT2D eigenvalue weighted by molar-refractivity contribution is 7.19. The second-order valence-electron chi connectivity index (χ2n) is 5.38. The number of thiophene rings is 1. The van der Waals surface area contributed by atoms with E-state index in [-0.39, 0.29) is 11.8 Å². The number of aliphatic hydroxyl groups is 1. The maximum absolute atomic E-state index is 12.0. The van der Waals surface area contributed by atoms with Crippen LogP contribution in [0.1, 0.15) is 31.6 Å². The first kappa shape index (κ1) is 15.0. The summed E-state index contributed by atoms with van der Waals surface area (Å²) >= 11 is 1.61. The van der Waals surface area contributed by atoms with Crippen molar-refractivity contribution in [2.45, 2.75) is 32.3 Å². The standard InChI is InChI=1S/C16H20O3S/c1-10(2)16(18,15(17)19-4)11(3)14-9-12-7-5-6-8-13(12)20-14/h5-11,18H,1-4H3. The lowest BCUT2D eigenvalue weighted by Gasteiger charge is -2.34. The average Bonchev–Trinajstić information content (AvgIpc) is 2.88. The van der Waals surface area contributed by atoms with Gasteiger partial charge in [-0.1, -0.05) is 39.0 Å². The zero-order valence-corrected chi connectivity index (χ0v) is 13.0. The number of carbonyl (C=O) groups is 1. The van der Waals surface area contributed by atoms with Crippen molar-refractivity contribution in [2.24, 2.45) is 5.92 Å². The molecule has 2 aromatic rings. The van der Waals surface area contributed by atoms with Gasteiger partial charge >= 0.3 is 5.97 Å². The molecule has 1 N–H and O–H groups in total. The summed E-state index contributed by atoms with van der Waals surface area (Å²) in [6.45, 7) is 5.54. The SMILES string of the molecule is COC(=O)C(O)(C(C)C)C(C)c1cc2ccccc2s1. The molecule has 108 valence electrons. The largest absolute Gasteiger partial charge is 0.467 e. The van der Waals surface area contributed by atoms with E-state index in [0.717, 1.165) is 15.0 Å². The van der Waals surface area contributed by atoms with Crippen LogP contribution in [0.15, 0.2) is 30.3 Å². The molecule has 0 saturated carbocycles. The normalized spacial score (nSPS) is 16.1. The molecule has 2 unspecified atom stereocenters. The number of esters is 1. The lowest BCUT2D eigenvalue weighted by Crippen LogP contribution is -2.48. The predicted molar refractivity (Wildman–Crippen MR) is 82.0 cm³/mol. The first-order chi connectivity index (χ1) is 9.41. The van der Waals surface area contributed by atoms with E-state index in [4.69, 9.17) is 4.74 Å². The molecule has 4 heteroatoms. The molecule has 0 saturated heterocycles. The summed E-state index contributed by atoms with van der Waals surface area (Å²) < 4.78 is 5.97. The van der Waals surface area contributed by atoms with Crippen molar-refractivity contribution in [3.05, 3.63) is 35.2 Å². The number of fused-ring (bicyclic) bond motifs is 1. The van der Waals surface area contributed by atoms with Gasteiger partial charge < -0.3 is 9.84 Å². The third-order valence-electron chi connectivity index (χ3n) is 3.92. The second kappa shape index (κ2) is 5.54. The summed E-state index contributed by atoms with van der Waals surface area (Å²) in [7, 11) is 1.31. The van der Waals surface area contributed by atoms with Gasteiger partial charge in [0.2, 0.25) is 0 Å². The van der Waals surface area contributed by atoms with Crippen LogP contribution >= 0.6 is 11.3 Å². The molecule has 2 rings (SSSR count). The molecule has 0 fully saturated rings. The van der Waals surface area contributed by atoms with Gasteiger partial charge in [0.15, 0.2) is 5.60 Å². The highest BCUT2D eigenvalue weighted by atomic mass is 32.1. The molecule has 0 aliphatic carbocycles. The molecule has 0 bridgehead atoms. The fourth-order valence-electron chi connectivity index (χ4n) is 2.51. The highest BCUT2D eigenvalue weighted by Gasteiger charge is 2.46. The Labute approximate surface area is 123 Å². The maximum Gasteiger partial charge on any atom is 0.338 e. The minimum Gasteiger partial charge on any atom is -0.467 e. The van der Waals surface area contributed by atoms with Gasteiger partial charge in [-0.3, -0.25) is 0 Å². The molecule has 0 spiro atoms. The van der Waals surface area contributed by atoms with Crippen molar-refractivity contribution in [1.29, 1.82) is 0 Å². The van der Waals surface area contributed by atoms with Gasteiger partial charge in [-0.05, 0) is 23.4 Å². The molecule has 1 heterocycles. The summed E-state index contributed by atoms with van der Waals surface area (Å²) in [4.78, 5) is 13.0. The van der Waals surface area contributed by atoms with E-state index < -0.39 is 11.6 Å². The van der Waals surface area contributed by atoms with Gasteiger partial charge in [-0.15, -0.1) is 11.3 Å². The fourth-order valence-corrected chi connectivity index (χ4v) is 3.70. The summed E-state index contributed by atoms with van der Waals surface area (Å²) in [5.41, 5.74) is -1.50. The van der Waals surface area contributed by atoms with Crippen LogP contribution in [-0.4, -0.2) is 23.8 Å². The van der Waals surface area contributed by atoms with Crippen LogP contribution in [0.4, 0.5) is 0 Å². The smallest absolute Gasteiger partial charge is 0.338 e. The molecule has 2 atom stereocenters. The maximum atomic E-state index is 12.0. The predicted octanol–water partition coefficient (Wildman–Crippen LogP) is 3.56. The monoisotopic (exact) mass is 292 g/mol. The van der Waals surface area contributed by atoms with Gasteiger partial charge in [-0.2, -0.15) is 0 Å². The van der Waals surface area contributed by atoms with Crippen LogP contribution in [0.2, 0.25) is 0 Å². The first-order valence-electron chi connectivity index (χ1n) is 6.70. The van der Waals surface area contributed by atoms with Crippen molar-refractivity contribution >= 4 is 27.4 Å². The van der Waals surface area contributed by atoms with Crippen LogP contribution in [0.5, 0.6) is 0 Å². The lowest BCUT2D eigenvalue weighted by molar-refractivity contribution is -0.170. The molecule has 0 radical (unpaired) electrons. The summed E-state index contributed by atoms with van der Waals surface area (Å²) in [5.74, 6) is -1.11. The minimum absolute atomic E-state index is 0.227. The Hall–Kier alpha value is -1.39. The molecular formula is C16H20O3S. The second-order valence-corrected chi connectivity index (χ2v) is 6.50. The Morgan fingerprint density at radius 2 is 1.95 bits per heavy atom. The van der Waals surface area contributed by atoms with Crippen molar-refractivity contribution in [2.75, 3.05) is 7.11 Å². The van der Waals surface area contributed by atoms with Crippen molar-refractivity contribution in [1.82, 2.24) is 0 Å². The summed E-state index contributed by atoms with van der Waals surface area (Å²) in [6.07, 6.45) is 0. The molecule has 1 aromatic heterocycles. The number of hydrogen-bond donors (Lipinski definition) is 1. The van der Waals surface area contributed by atoms with Gasteiger partial charge in [-0.25, -0.2) is 4.79 Å². The van der Waals surface area contributed by atoms with Crippen molar-refractivity contribution < 1.29 is 14.6 Å². The van der Waals surface area contributed by atoms with Crippen LogP contribution in [0, 0.1) is 5.92 Å². The number of ether oxygens (including phenoxy) is 1. The van der Waals surface area contributed by atoms with Gasteiger partial charge in [0.05, 0.1) is 7.11 Å². The quantitative estimate of drug-likeness (QED) is 0.876. The molecule has 0 amide bonds. The Morgan fingerprint density at radius 3 is 2.50 bits per heavy atom. The van der Waals surface area contributed by atoms with Crippen LogP contribution in [0.3, 0.4) is 0 Å². The molecule has 0 aliphatic rings. The van der Waals surface area contributed by atoms with E-state index in [1.54, 1.807) is 11.3 Å². The topological polar surface area (TPSA) is 46.5 Å². The van der Waals surface area contributed by atoms with Crippen LogP contribution in [-0.2, 0) is 9.53 Å². The Balaban J connectivity index is 2.46. The van der Waals surface area contributed by atoms with Gasteiger partial charge in [0, 0.05) is 15.5 Å². The molecule has 1 aromatic carbocycles. The number of methoxy groups -OCH3 is 1. The van der Waals surface area contributed by atoms with Gasteiger partial charge in [0.25, 0.3) is 0 Å². The number of carbonyl (C=O) groups excluding carboxylic acids is 1. The third kappa shape index (κ3) is 2.34. The highest BCUT2D eigenvalue weighted by Crippen LogP contribution is 2.40. The zero-order valence-electron chi connectivity index (χ0n) is 12.2. The van der Waals surface area contributed by atoms with E-state index in [1.165, 1.54) is 7.11 Å². The first-order valence-corrected chi connectivity index (χ1v) is 7.52. The zero-order chi connectivity index (χ0) is 14.9. The van der Waals surface area contributed by atoms with E-state index in [0.29, 0.717) is 0 Å². The van der Waals surface area contributed by atoms with E-state index in [9.17, 15) is 9.90 Å². The summed E-state index contributed by atoms with van der Waals surface area (Å²) in [5, 5.41) is 12.0. The molecule has 3 nitrogen and oxygen atoms in total. The Kier molecular flexibility index (Phi) is 4.16. The fraction of sp³-hybridized carbons (Fsp3) is 0.438. The third-order valence-corrected chi connectivity index (χ3v) is 5.22. The number of benzene rings is 1. The molecular weight excluding hydrogens is 272 g/mol. The minimum atomic E-state index is -1.50. The van der Waals surface area contributed by atoms with E-state index >= 15 is 0 Å². The number of rotatable bonds is 4.